The van der Waals surface area contributed by atoms with Gasteiger partial charge < -0.3 is 10.4 Å². The van der Waals surface area contributed by atoms with Crippen LogP contribution in [0.15, 0.2) is 24.3 Å². The lowest BCUT2D eigenvalue weighted by atomic mass is 10.1. The van der Waals surface area contributed by atoms with Crippen molar-refractivity contribution in [2.45, 2.75) is 40.3 Å². The van der Waals surface area contributed by atoms with Crippen molar-refractivity contribution < 1.29 is 5.11 Å². The fourth-order valence-corrected chi connectivity index (χ4v) is 2.89. The summed E-state index contributed by atoms with van der Waals surface area (Å²) in [4.78, 5) is 0. The van der Waals surface area contributed by atoms with E-state index >= 15 is 0 Å². The Morgan fingerprint density at radius 1 is 1.30 bits per heavy atom. The summed E-state index contributed by atoms with van der Waals surface area (Å²) in [7, 11) is 0. The standard InChI is InChI=1S/C18H26ClN3O/c1-13(8-9-23)10-20-11-17-14(2)21-22(15(17)3)12-16-6-4-5-7-18(16)19/h4-7,13,20,23H,8-12H2,1-3H3. The molecule has 1 unspecified atom stereocenters. The molecule has 0 amide bonds. The zero-order valence-electron chi connectivity index (χ0n) is 14.1. The fraction of sp³-hybridized carbons (Fsp3) is 0.500. The summed E-state index contributed by atoms with van der Waals surface area (Å²) in [6.45, 7) is 8.92. The van der Waals surface area contributed by atoms with E-state index < -0.39 is 0 Å². The van der Waals surface area contributed by atoms with Gasteiger partial charge in [0.25, 0.3) is 0 Å². The fourth-order valence-electron chi connectivity index (χ4n) is 2.70. The molecule has 2 N–H and O–H groups in total. The Bertz CT molecular complexity index is 639. The number of aryl methyl sites for hydroxylation is 1. The maximum absolute atomic E-state index is 8.96. The third-order valence-electron chi connectivity index (χ3n) is 4.23. The minimum absolute atomic E-state index is 0.247. The number of halogens is 1. The van der Waals surface area contributed by atoms with E-state index in [0.29, 0.717) is 12.5 Å². The third kappa shape index (κ3) is 4.80. The lowest BCUT2D eigenvalue weighted by molar-refractivity contribution is 0.260. The Morgan fingerprint density at radius 2 is 2.04 bits per heavy atom. The summed E-state index contributed by atoms with van der Waals surface area (Å²) in [5, 5.41) is 17.9. The SMILES string of the molecule is Cc1nn(Cc2ccccc2Cl)c(C)c1CNCC(C)CCO. The summed E-state index contributed by atoms with van der Waals surface area (Å²) in [6, 6.07) is 7.88. The largest absolute Gasteiger partial charge is 0.396 e. The highest BCUT2D eigenvalue weighted by atomic mass is 35.5. The Labute approximate surface area is 143 Å². The van der Waals surface area contributed by atoms with Crippen LogP contribution in [-0.2, 0) is 13.1 Å². The molecular formula is C18H26ClN3O. The minimum atomic E-state index is 0.247. The molecule has 5 heteroatoms. The molecule has 0 aliphatic carbocycles. The highest BCUT2D eigenvalue weighted by Gasteiger charge is 2.12. The molecule has 1 aromatic heterocycles. The first-order valence-corrected chi connectivity index (χ1v) is 8.48. The summed E-state index contributed by atoms with van der Waals surface area (Å²) >= 11 is 6.25. The monoisotopic (exact) mass is 335 g/mol. The summed E-state index contributed by atoms with van der Waals surface area (Å²) in [6.07, 6.45) is 0.830. The van der Waals surface area contributed by atoms with Gasteiger partial charge >= 0.3 is 0 Å². The van der Waals surface area contributed by atoms with E-state index in [-0.39, 0.29) is 6.61 Å². The van der Waals surface area contributed by atoms with Gasteiger partial charge in [-0.3, -0.25) is 4.68 Å². The first-order valence-electron chi connectivity index (χ1n) is 8.10. The highest BCUT2D eigenvalue weighted by molar-refractivity contribution is 6.31. The molecule has 1 heterocycles. The van der Waals surface area contributed by atoms with Crippen LogP contribution >= 0.6 is 11.6 Å². The summed E-state index contributed by atoms with van der Waals surface area (Å²) in [5.41, 5.74) is 4.55. The van der Waals surface area contributed by atoms with Crippen molar-refractivity contribution in [2.24, 2.45) is 5.92 Å². The molecule has 1 aromatic carbocycles. The second-order valence-corrected chi connectivity index (χ2v) is 6.55. The number of rotatable bonds is 8. The maximum atomic E-state index is 8.96. The molecule has 0 saturated carbocycles. The summed E-state index contributed by atoms with van der Waals surface area (Å²) < 4.78 is 2.02. The first-order chi connectivity index (χ1) is 11.0. The smallest absolute Gasteiger partial charge is 0.0677 e. The zero-order valence-corrected chi connectivity index (χ0v) is 14.9. The average Bonchev–Trinajstić information content (AvgIpc) is 2.77. The van der Waals surface area contributed by atoms with E-state index in [1.54, 1.807) is 0 Å². The van der Waals surface area contributed by atoms with E-state index in [4.69, 9.17) is 16.7 Å². The van der Waals surface area contributed by atoms with Crippen LogP contribution in [0.25, 0.3) is 0 Å². The number of aromatic nitrogens is 2. The van der Waals surface area contributed by atoms with Crippen molar-refractivity contribution in [3.63, 3.8) is 0 Å². The number of aliphatic hydroxyl groups excluding tert-OH is 1. The molecule has 0 aliphatic heterocycles. The molecule has 0 aliphatic rings. The van der Waals surface area contributed by atoms with Gasteiger partial charge in [-0.05, 0) is 44.4 Å². The van der Waals surface area contributed by atoms with Crippen molar-refractivity contribution >= 4 is 11.6 Å². The van der Waals surface area contributed by atoms with Gasteiger partial charge in [0.1, 0.15) is 0 Å². The van der Waals surface area contributed by atoms with Crippen LogP contribution in [0.5, 0.6) is 0 Å². The minimum Gasteiger partial charge on any atom is -0.396 e. The van der Waals surface area contributed by atoms with E-state index in [1.807, 2.05) is 35.9 Å². The molecule has 1 atom stereocenters. The lowest BCUT2D eigenvalue weighted by Gasteiger charge is -2.11. The van der Waals surface area contributed by atoms with Gasteiger partial charge in [0, 0.05) is 29.4 Å². The van der Waals surface area contributed by atoms with Gasteiger partial charge in [0.2, 0.25) is 0 Å². The molecule has 126 valence electrons. The van der Waals surface area contributed by atoms with Crippen LogP contribution in [0.1, 0.15) is 35.9 Å². The van der Waals surface area contributed by atoms with Crippen molar-refractivity contribution in [1.29, 1.82) is 0 Å². The number of nitrogens with zero attached hydrogens (tertiary/aromatic N) is 2. The van der Waals surface area contributed by atoms with Crippen LogP contribution in [0.3, 0.4) is 0 Å². The van der Waals surface area contributed by atoms with Crippen LogP contribution < -0.4 is 5.32 Å². The Hall–Kier alpha value is -1.36. The summed E-state index contributed by atoms with van der Waals surface area (Å²) in [5.74, 6) is 0.471. The van der Waals surface area contributed by atoms with Gasteiger partial charge in [-0.25, -0.2) is 0 Å². The van der Waals surface area contributed by atoms with Crippen LogP contribution in [0, 0.1) is 19.8 Å². The van der Waals surface area contributed by atoms with Gasteiger partial charge in [0.15, 0.2) is 0 Å². The van der Waals surface area contributed by atoms with Crippen LogP contribution in [0.4, 0.5) is 0 Å². The molecule has 0 radical (unpaired) electrons. The Morgan fingerprint density at radius 3 is 2.74 bits per heavy atom. The van der Waals surface area contributed by atoms with E-state index in [0.717, 1.165) is 35.8 Å². The Balaban J connectivity index is 2.03. The molecule has 2 aromatic rings. The van der Waals surface area contributed by atoms with Gasteiger partial charge in [-0.2, -0.15) is 5.10 Å². The van der Waals surface area contributed by atoms with Crippen LogP contribution in [-0.4, -0.2) is 28.0 Å². The molecule has 0 bridgehead atoms. The quantitative estimate of drug-likeness (QED) is 0.778. The van der Waals surface area contributed by atoms with Crippen molar-refractivity contribution in [3.05, 3.63) is 51.8 Å². The van der Waals surface area contributed by atoms with Crippen LogP contribution in [0.2, 0.25) is 5.02 Å². The topological polar surface area (TPSA) is 50.1 Å². The molecule has 0 fully saturated rings. The number of hydrogen-bond acceptors (Lipinski definition) is 3. The number of hydrogen-bond donors (Lipinski definition) is 2. The molecule has 23 heavy (non-hydrogen) atoms. The predicted octanol–water partition coefficient (Wildman–Crippen LogP) is 3.31. The predicted molar refractivity (Wildman–Crippen MR) is 94.8 cm³/mol. The molecule has 0 spiro atoms. The average molecular weight is 336 g/mol. The van der Waals surface area contributed by atoms with Gasteiger partial charge in [0.05, 0.1) is 12.2 Å². The van der Waals surface area contributed by atoms with E-state index in [2.05, 4.69) is 24.3 Å². The lowest BCUT2D eigenvalue weighted by Crippen LogP contribution is -2.22. The highest BCUT2D eigenvalue weighted by Crippen LogP contribution is 2.19. The van der Waals surface area contributed by atoms with E-state index in [9.17, 15) is 0 Å². The zero-order chi connectivity index (χ0) is 16.8. The second-order valence-electron chi connectivity index (χ2n) is 6.15. The number of benzene rings is 1. The number of aliphatic hydroxyl groups is 1. The van der Waals surface area contributed by atoms with Crippen molar-refractivity contribution in [3.8, 4) is 0 Å². The van der Waals surface area contributed by atoms with E-state index in [1.165, 1.54) is 11.3 Å². The first kappa shape index (κ1) is 18.0. The molecule has 0 saturated heterocycles. The molecule has 4 nitrogen and oxygen atoms in total. The Kier molecular flexibility index (Phi) is 6.63. The molecular weight excluding hydrogens is 310 g/mol. The third-order valence-corrected chi connectivity index (χ3v) is 4.59. The molecule has 2 rings (SSSR count). The second kappa shape index (κ2) is 8.48. The van der Waals surface area contributed by atoms with Crippen molar-refractivity contribution in [2.75, 3.05) is 13.2 Å². The normalized spacial score (nSPS) is 12.6. The number of nitrogens with one attached hydrogen (secondary N) is 1. The maximum Gasteiger partial charge on any atom is 0.0677 e. The van der Waals surface area contributed by atoms with Gasteiger partial charge in [-0.1, -0.05) is 36.7 Å². The van der Waals surface area contributed by atoms with Gasteiger partial charge in [-0.15, -0.1) is 0 Å². The van der Waals surface area contributed by atoms with Crippen molar-refractivity contribution in [1.82, 2.24) is 15.1 Å².